The van der Waals surface area contributed by atoms with Gasteiger partial charge in [-0.1, -0.05) is 23.0 Å². The molecule has 0 aliphatic carbocycles. The summed E-state index contributed by atoms with van der Waals surface area (Å²) in [7, 11) is 0. The molecule has 0 radical (unpaired) electrons. The highest BCUT2D eigenvalue weighted by atomic mass is 32.1. The first kappa shape index (κ1) is 18.5. The van der Waals surface area contributed by atoms with Crippen LogP contribution in [0.4, 0.5) is 4.39 Å². The van der Waals surface area contributed by atoms with Crippen LogP contribution in [-0.2, 0) is 4.79 Å². The summed E-state index contributed by atoms with van der Waals surface area (Å²) in [4.78, 5) is 17.3. The van der Waals surface area contributed by atoms with E-state index in [0.29, 0.717) is 25.7 Å². The number of rotatable bonds is 4. The number of carbonyl (C=O) groups excluding carboxylic acids is 1. The number of carbonyl (C=O) groups is 1. The fourth-order valence-electron chi connectivity index (χ4n) is 4.35. The summed E-state index contributed by atoms with van der Waals surface area (Å²) < 4.78 is 17.4. The summed E-state index contributed by atoms with van der Waals surface area (Å²) in [6, 6.07) is 7.11. The van der Waals surface area contributed by atoms with E-state index >= 15 is 0 Å². The number of piperidine rings is 1. The molecule has 27 heavy (non-hydrogen) atoms. The van der Waals surface area contributed by atoms with Gasteiger partial charge in [0.1, 0.15) is 5.82 Å². The molecule has 2 aliphatic heterocycles. The maximum absolute atomic E-state index is 13.4. The van der Waals surface area contributed by atoms with Gasteiger partial charge in [-0.2, -0.15) is 0 Å². The van der Waals surface area contributed by atoms with Gasteiger partial charge in [-0.15, -0.1) is 5.10 Å². The van der Waals surface area contributed by atoms with Crippen molar-refractivity contribution in [1.29, 1.82) is 0 Å². The highest BCUT2D eigenvalue weighted by molar-refractivity contribution is 7.03. The van der Waals surface area contributed by atoms with Crippen molar-refractivity contribution in [2.75, 3.05) is 26.2 Å². The monoisotopic (exact) mass is 388 g/mol. The van der Waals surface area contributed by atoms with Crippen molar-refractivity contribution in [3.05, 3.63) is 46.7 Å². The minimum atomic E-state index is -0.240. The van der Waals surface area contributed by atoms with Gasteiger partial charge >= 0.3 is 0 Å². The topological polar surface area (TPSA) is 49.3 Å². The Morgan fingerprint density at radius 3 is 2.70 bits per heavy atom. The third kappa shape index (κ3) is 4.04. The highest BCUT2D eigenvalue weighted by Crippen LogP contribution is 2.39. The largest absolute Gasteiger partial charge is 0.340 e. The van der Waals surface area contributed by atoms with E-state index in [1.165, 1.54) is 42.9 Å². The van der Waals surface area contributed by atoms with E-state index in [0.717, 1.165) is 17.8 Å². The third-order valence-electron chi connectivity index (χ3n) is 6.01. The van der Waals surface area contributed by atoms with Crippen LogP contribution in [0.15, 0.2) is 29.6 Å². The average Bonchev–Trinajstić information content (AvgIpc) is 3.33. The molecular formula is C20H25FN4OS. The Labute approximate surface area is 163 Å². The van der Waals surface area contributed by atoms with Gasteiger partial charge < -0.3 is 4.90 Å². The molecule has 1 aromatic heterocycles. The fraction of sp³-hybridized carbons (Fsp3) is 0.550. The normalized spacial score (nSPS) is 26.4. The summed E-state index contributed by atoms with van der Waals surface area (Å²) >= 11 is 1.33. The molecule has 2 saturated heterocycles. The number of nitrogens with zero attached hydrogens (tertiary/aromatic N) is 4. The lowest BCUT2D eigenvalue weighted by Crippen LogP contribution is -2.45. The molecule has 3 atom stereocenters. The number of halogens is 1. The van der Waals surface area contributed by atoms with Gasteiger partial charge in [0, 0.05) is 36.3 Å². The van der Waals surface area contributed by atoms with Gasteiger partial charge in [0.2, 0.25) is 5.91 Å². The molecule has 2 aromatic rings. The number of benzene rings is 1. The predicted molar refractivity (Wildman–Crippen MR) is 103 cm³/mol. The zero-order valence-electron chi connectivity index (χ0n) is 15.6. The molecule has 1 aromatic carbocycles. The molecular weight excluding hydrogens is 363 g/mol. The quantitative estimate of drug-likeness (QED) is 0.807. The Hall–Kier alpha value is -1.86. The third-order valence-corrected chi connectivity index (χ3v) is 6.53. The number of likely N-dealkylation sites (tertiary alicyclic amines) is 2. The number of hydrogen-bond acceptors (Lipinski definition) is 5. The van der Waals surface area contributed by atoms with E-state index in [-0.39, 0.29) is 23.6 Å². The van der Waals surface area contributed by atoms with E-state index in [9.17, 15) is 9.18 Å². The van der Waals surface area contributed by atoms with Gasteiger partial charge in [0.05, 0.1) is 12.2 Å². The molecule has 0 spiro atoms. The summed E-state index contributed by atoms with van der Waals surface area (Å²) in [6.45, 7) is 4.99. The summed E-state index contributed by atoms with van der Waals surface area (Å²) in [5.41, 5.74) is 1.98. The lowest BCUT2D eigenvalue weighted by atomic mass is 9.87. The first-order chi connectivity index (χ1) is 13.1. The fourth-order valence-corrected chi connectivity index (χ4v) is 4.87. The SMILES string of the molecule is CC1CCCCN1CC(=O)N1C[C@@H](c2ccc(F)cc2)[C@H](c2csnn2)C1. The second-order valence-electron chi connectivity index (χ2n) is 7.71. The van der Waals surface area contributed by atoms with Crippen molar-refractivity contribution >= 4 is 17.4 Å². The maximum Gasteiger partial charge on any atom is 0.236 e. The molecule has 0 bridgehead atoms. The molecule has 3 heterocycles. The molecule has 2 fully saturated rings. The molecule has 1 amide bonds. The number of aromatic nitrogens is 2. The molecule has 144 valence electrons. The Bertz CT molecular complexity index is 767. The standard InChI is InChI=1S/C20H25FN4OS/c1-14-4-2-3-9-24(14)12-20(26)25-10-17(15-5-7-16(21)8-6-15)18(11-25)19-13-27-23-22-19/h5-8,13-14,17-18H,2-4,9-12H2,1H3/t14?,17-,18+/m0/s1. The minimum absolute atomic E-state index is 0.108. The van der Waals surface area contributed by atoms with Crippen LogP contribution in [0.1, 0.15) is 49.3 Å². The molecule has 7 heteroatoms. The Morgan fingerprint density at radius 1 is 1.22 bits per heavy atom. The van der Waals surface area contributed by atoms with E-state index in [1.54, 1.807) is 0 Å². The van der Waals surface area contributed by atoms with Crippen molar-refractivity contribution in [3.8, 4) is 0 Å². The zero-order chi connectivity index (χ0) is 18.8. The first-order valence-corrected chi connectivity index (χ1v) is 10.5. The lowest BCUT2D eigenvalue weighted by molar-refractivity contribution is -0.132. The highest BCUT2D eigenvalue weighted by Gasteiger charge is 2.39. The van der Waals surface area contributed by atoms with Crippen LogP contribution < -0.4 is 0 Å². The van der Waals surface area contributed by atoms with E-state index in [4.69, 9.17) is 0 Å². The predicted octanol–water partition coefficient (Wildman–Crippen LogP) is 3.26. The average molecular weight is 389 g/mol. The van der Waals surface area contributed by atoms with Crippen LogP contribution in [0.25, 0.3) is 0 Å². The van der Waals surface area contributed by atoms with Crippen molar-refractivity contribution in [2.45, 2.75) is 44.1 Å². The summed E-state index contributed by atoms with van der Waals surface area (Å²) in [5, 5.41) is 6.22. The zero-order valence-corrected chi connectivity index (χ0v) is 16.4. The van der Waals surface area contributed by atoms with Crippen LogP contribution in [-0.4, -0.2) is 57.5 Å². The van der Waals surface area contributed by atoms with Gasteiger partial charge in [-0.3, -0.25) is 9.69 Å². The molecule has 2 aliphatic rings. The molecule has 5 nitrogen and oxygen atoms in total. The first-order valence-electron chi connectivity index (χ1n) is 9.66. The van der Waals surface area contributed by atoms with Gasteiger partial charge in [0.25, 0.3) is 0 Å². The van der Waals surface area contributed by atoms with Gasteiger partial charge in [-0.25, -0.2) is 4.39 Å². The van der Waals surface area contributed by atoms with Gasteiger partial charge in [0.15, 0.2) is 0 Å². The van der Waals surface area contributed by atoms with Gasteiger partial charge in [-0.05, 0) is 55.5 Å². The van der Waals surface area contributed by atoms with E-state index in [1.807, 2.05) is 22.4 Å². The number of amides is 1. The van der Waals surface area contributed by atoms with Crippen LogP contribution in [0.3, 0.4) is 0 Å². The summed E-state index contributed by atoms with van der Waals surface area (Å²) in [6.07, 6.45) is 3.59. The molecule has 4 rings (SSSR count). The molecule has 0 saturated carbocycles. The smallest absolute Gasteiger partial charge is 0.236 e. The maximum atomic E-state index is 13.4. The van der Waals surface area contributed by atoms with Crippen LogP contribution in [0.2, 0.25) is 0 Å². The molecule has 0 N–H and O–H groups in total. The van der Waals surface area contributed by atoms with E-state index < -0.39 is 0 Å². The van der Waals surface area contributed by atoms with E-state index in [2.05, 4.69) is 21.4 Å². The second-order valence-corrected chi connectivity index (χ2v) is 8.32. The Kier molecular flexibility index (Phi) is 5.50. The van der Waals surface area contributed by atoms with Crippen molar-refractivity contribution in [1.82, 2.24) is 19.4 Å². The Morgan fingerprint density at radius 2 is 2.00 bits per heavy atom. The summed E-state index contributed by atoms with van der Waals surface area (Å²) in [5.74, 6) is 0.173. The van der Waals surface area contributed by atoms with Crippen LogP contribution in [0.5, 0.6) is 0 Å². The minimum Gasteiger partial charge on any atom is -0.340 e. The second kappa shape index (κ2) is 8.02. The number of hydrogen-bond donors (Lipinski definition) is 0. The Balaban J connectivity index is 1.51. The van der Waals surface area contributed by atoms with Crippen LogP contribution in [0, 0.1) is 5.82 Å². The van der Waals surface area contributed by atoms with Crippen LogP contribution >= 0.6 is 11.5 Å². The lowest BCUT2D eigenvalue weighted by Gasteiger charge is -2.33. The van der Waals surface area contributed by atoms with Crippen molar-refractivity contribution in [2.24, 2.45) is 0 Å². The van der Waals surface area contributed by atoms with Crippen molar-refractivity contribution in [3.63, 3.8) is 0 Å². The molecule has 1 unspecified atom stereocenters. The van der Waals surface area contributed by atoms with Crippen molar-refractivity contribution < 1.29 is 9.18 Å².